The minimum atomic E-state index is -3.91. The topological polar surface area (TPSA) is 119 Å². The van der Waals surface area contributed by atoms with Crippen LogP contribution in [0.5, 0.6) is 5.75 Å². The van der Waals surface area contributed by atoms with Gasteiger partial charge >= 0.3 is 0 Å². The lowest BCUT2D eigenvalue weighted by Crippen LogP contribution is -2.52. The third-order valence-electron chi connectivity index (χ3n) is 4.90. The van der Waals surface area contributed by atoms with Crippen molar-refractivity contribution in [2.24, 2.45) is 5.73 Å². The molecule has 0 aliphatic carbocycles. The first kappa shape index (κ1) is 20.6. The molecule has 2 saturated heterocycles. The van der Waals surface area contributed by atoms with Crippen LogP contribution in [0.4, 0.5) is 0 Å². The van der Waals surface area contributed by atoms with Crippen LogP contribution in [0.1, 0.15) is 30.1 Å². The van der Waals surface area contributed by atoms with Crippen LogP contribution >= 0.6 is 0 Å². The molecule has 2 aliphatic rings. The Kier molecular flexibility index (Phi) is 6.21. The second kappa shape index (κ2) is 8.46. The molecule has 2 aliphatic heterocycles. The third kappa shape index (κ3) is 4.13. The molecule has 10 heteroatoms. The summed E-state index contributed by atoms with van der Waals surface area (Å²) in [6.45, 7) is 3.51. The molecule has 1 aromatic carbocycles. The summed E-state index contributed by atoms with van der Waals surface area (Å²) in [5.41, 5.74) is 5.39. The number of carbonyl (C=O) groups is 2. The number of benzene rings is 1. The number of ether oxygens (including phenoxy) is 2. The normalized spacial score (nSPS) is 20.9. The molecule has 0 spiro atoms. The van der Waals surface area contributed by atoms with Crippen molar-refractivity contribution in [1.29, 1.82) is 0 Å². The standard InChI is InChI=1S/C18H25N3O6S/c1-2-26-14-6-5-13(17(19)22)12-16(14)28(24,25)21-9-7-20(8-10-21)18(23)15-4-3-11-27-15/h5-6,12,15H,2-4,7-11H2,1H3,(H2,19,22). The van der Waals surface area contributed by atoms with Crippen LogP contribution in [0.3, 0.4) is 0 Å². The summed E-state index contributed by atoms with van der Waals surface area (Å²) in [4.78, 5) is 25.5. The number of carbonyl (C=O) groups excluding carboxylic acids is 2. The SMILES string of the molecule is CCOc1ccc(C(N)=O)cc1S(=O)(=O)N1CCN(C(=O)C2CCCO2)CC1. The van der Waals surface area contributed by atoms with Gasteiger partial charge in [0.15, 0.2) is 0 Å². The molecule has 2 N–H and O–H groups in total. The molecule has 0 aromatic heterocycles. The van der Waals surface area contributed by atoms with E-state index in [1.165, 1.54) is 22.5 Å². The van der Waals surface area contributed by atoms with Gasteiger partial charge in [-0.15, -0.1) is 0 Å². The van der Waals surface area contributed by atoms with Gasteiger partial charge in [-0.3, -0.25) is 9.59 Å². The number of piperazine rings is 1. The van der Waals surface area contributed by atoms with Crippen molar-refractivity contribution in [2.45, 2.75) is 30.8 Å². The van der Waals surface area contributed by atoms with Gasteiger partial charge in [0.1, 0.15) is 16.7 Å². The molecule has 0 bridgehead atoms. The summed E-state index contributed by atoms with van der Waals surface area (Å²) in [7, 11) is -3.91. The fraction of sp³-hybridized carbons (Fsp3) is 0.556. The Balaban J connectivity index is 1.77. The zero-order valence-corrected chi connectivity index (χ0v) is 16.6. The van der Waals surface area contributed by atoms with E-state index in [9.17, 15) is 18.0 Å². The lowest BCUT2D eigenvalue weighted by atomic mass is 10.2. The van der Waals surface area contributed by atoms with Crippen molar-refractivity contribution in [1.82, 2.24) is 9.21 Å². The predicted octanol–water partition coefficient (Wildman–Crippen LogP) is 0.196. The molecular formula is C18H25N3O6S. The Hall–Kier alpha value is -2.17. The quantitative estimate of drug-likeness (QED) is 0.714. The van der Waals surface area contributed by atoms with E-state index in [1.54, 1.807) is 11.8 Å². The summed E-state index contributed by atoms with van der Waals surface area (Å²) in [6, 6.07) is 4.12. The van der Waals surface area contributed by atoms with E-state index < -0.39 is 22.0 Å². The molecule has 9 nitrogen and oxygen atoms in total. The van der Waals surface area contributed by atoms with Gasteiger partial charge < -0.3 is 20.1 Å². The van der Waals surface area contributed by atoms with Crippen molar-refractivity contribution in [3.05, 3.63) is 23.8 Å². The fourth-order valence-corrected chi connectivity index (χ4v) is 4.98. The number of nitrogens with zero attached hydrogens (tertiary/aromatic N) is 2. The van der Waals surface area contributed by atoms with Gasteiger partial charge in [0.25, 0.3) is 5.91 Å². The summed E-state index contributed by atoms with van der Waals surface area (Å²) >= 11 is 0. The minimum Gasteiger partial charge on any atom is -0.492 e. The van der Waals surface area contributed by atoms with E-state index in [1.807, 2.05) is 0 Å². The first-order chi connectivity index (χ1) is 13.3. The van der Waals surface area contributed by atoms with E-state index >= 15 is 0 Å². The first-order valence-electron chi connectivity index (χ1n) is 9.31. The maximum Gasteiger partial charge on any atom is 0.251 e. The summed E-state index contributed by atoms with van der Waals surface area (Å²) in [5.74, 6) is -0.628. The maximum absolute atomic E-state index is 13.2. The highest BCUT2D eigenvalue weighted by Gasteiger charge is 2.35. The Morgan fingerprint density at radius 3 is 2.54 bits per heavy atom. The van der Waals surface area contributed by atoms with E-state index in [-0.39, 0.29) is 54.9 Å². The van der Waals surface area contributed by atoms with Gasteiger partial charge in [-0.05, 0) is 38.0 Å². The monoisotopic (exact) mass is 411 g/mol. The highest BCUT2D eigenvalue weighted by Crippen LogP contribution is 2.29. The number of rotatable bonds is 6. The second-order valence-electron chi connectivity index (χ2n) is 6.69. The Labute approximate surface area is 164 Å². The Morgan fingerprint density at radius 2 is 1.96 bits per heavy atom. The molecule has 0 radical (unpaired) electrons. The van der Waals surface area contributed by atoms with E-state index in [0.29, 0.717) is 13.0 Å². The summed E-state index contributed by atoms with van der Waals surface area (Å²) in [6.07, 6.45) is 1.15. The molecule has 0 saturated carbocycles. The molecule has 2 fully saturated rings. The molecule has 1 atom stereocenters. The van der Waals surface area contributed by atoms with Crippen LogP contribution < -0.4 is 10.5 Å². The van der Waals surface area contributed by atoms with Gasteiger partial charge in [0.05, 0.1) is 6.61 Å². The molecule has 2 heterocycles. The van der Waals surface area contributed by atoms with Crippen LogP contribution in [0.2, 0.25) is 0 Å². The highest BCUT2D eigenvalue weighted by molar-refractivity contribution is 7.89. The van der Waals surface area contributed by atoms with E-state index in [0.717, 1.165) is 6.42 Å². The fourth-order valence-electron chi connectivity index (χ4n) is 3.40. The molecule has 1 aromatic rings. The van der Waals surface area contributed by atoms with Crippen molar-refractivity contribution in [3.63, 3.8) is 0 Å². The van der Waals surface area contributed by atoms with Crippen molar-refractivity contribution >= 4 is 21.8 Å². The highest BCUT2D eigenvalue weighted by atomic mass is 32.2. The number of hydrogen-bond donors (Lipinski definition) is 1. The molecule has 1 unspecified atom stereocenters. The van der Waals surface area contributed by atoms with Crippen molar-refractivity contribution < 1.29 is 27.5 Å². The number of hydrogen-bond acceptors (Lipinski definition) is 6. The van der Waals surface area contributed by atoms with Gasteiger partial charge in [-0.1, -0.05) is 0 Å². The van der Waals surface area contributed by atoms with Crippen LogP contribution in [-0.4, -0.2) is 74.9 Å². The molecule has 28 heavy (non-hydrogen) atoms. The van der Waals surface area contributed by atoms with Crippen molar-refractivity contribution in [3.8, 4) is 5.75 Å². The summed E-state index contributed by atoms with van der Waals surface area (Å²) in [5, 5.41) is 0. The van der Waals surface area contributed by atoms with Crippen LogP contribution in [0.25, 0.3) is 0 Å². The molecule has 2 amide bonds. The zero-order chi connectivity index (χ0) is 20.3. The van der Waals surface area contributed by atoms with Gasteiger partial charge in [0.2, 0.25) is 15.9 Å². The van der Waals surface area contributed by atoms with Crippen LogP contribution in [0.15, 0.2) is 23.1 Å². The average molecular weight is 411 g/mol. The zero-order valence-electron chi connectivity index (χ0n) is 15.8. The minimum absolute atomic E-state index is 0.0831. The molecular weight excluding hydrogens is 386 g/mol. The Morgan fingerprint density at radius 1 is 1.25 bits per heavy atom. The maximum atomic E-state index is 13.2. The third-order valence-corrected chi connectivity index (χ3v) is 6.82. The second-order valence-corrected chi connectivity index (χ2v) is 8.60. The number of sulfonamides is 1. The predicted molar refractivity (Wildman–Crippen MR) is 100 cm³/mol. The molecule has 3 rings (SSSR count). The number of nitrogens with two attached hydrogens (primary N) is 1. The molecule has 154 valence electrons. The van der Waals surface area contributed by atoms with E-state index in [2.05, 4.69) is 0 Å². The smallest absolute Gasteiger partial charge is 0.251 e. The van der Waals surface area contributed by atoms with Crippen molar-refractivity contribution in [2.75, 3.05) is 39.4 Å². The lowest BCUT2D eigenvalue weighted by molar-refractivity contribution is -0.142. The van der Waals surface area contributed by atoms with Crippen LogP contribution in [-0.2, 0) is 19.6 Å². The first-order valence-corrected chi connectivity index (χ1v) is 10.8. The Bertz CT molecular complexity index is 843. The average Bonchev–Trinajstić information content (AvgIpc) is 3.22. The van der Waals surface area contributed by atoms with Gasteiger partial charge in [-0.25, -0.2) is 8.42 Å². The number of primary amides is 1. The van der Waals surface area contributed by atoms with Gasteiger partial charge in [0, 0.05) is 38.3 Å². The number of amides is 2. The van der Waals surface area contributed by atoms with Crippen LogP contribution in [0, 0.1) is 0 Å². The lowest BCUT2D eigenvalue weighted by Gasteiger charge is -2.35. The van der Waals surface area contributed by atoms with E-state index in [4.69, 9.17) is 15.2 Å². The van der Waals surface area contributed by atoms with Gasteiger partial charge in [-0.2, -0.15) is 4.31 Å². The largest absolute Gasteiger partial charge is 0.492 e. The summed E-state index contributed by atoms with van der Waals surface area (Å²) < 4.78 is 38.5.